The van der Waals surface area contributed by atoms with Crippen LogP contribution < -0.4 is 0 Å². The van der Waals surface area contributed by atoms with Gasteiger partial charge in [-0.25, -0.2) is 0 Å². The van der Waals surface area contributed by atoms with E-state index in [2.05, 4.69) is 60.8 Å². The zero-order chi connectivity index (χ0) is 19.6. The number of rotatable bonds is 2. The van der Waals surface area contributed by atoms with E-state index in [1.165, 1.54) is 40.9 Å². The maximum Gasteiger partial charge on any atom is 0.0437 e. The Kier molecular flexibility index (Phi) is 8.12. The summed E-state index contributed by atoms with van der Waals surface area (Å²) >= 11 is 0. The molecule has 0 bridgehead atoms. The topological polar surface area (TPSA) is 38.7 Å². The summed E-state index contributed by atoms with van der Waals surface area (Å²) in [5, 5.41) is 0. The normalized spacial score (nSPS) is 12.3. The molecular weight excluding hydrogens is 330 g/mol. The molecule has 1 aliphatic rings. The van der Waals surface area contributed by atoms with Crippen molar-refractivity contribution >= 4 is 0 Å². The second kappa shape index (κ2) is 10.6. The number of hydrogen-bond donors (Lipinski definition) is 0. The van der Waals surface area contributed by atoms with Crippen LogP contribution in [0.1, 0.15) is 59.5 Å². The van der Waals surface area contributed by atoms with E-state index in [0.717, 1.165) is 18.0 Å². The van der Waals surface area contributed by atoms with Gasteiger partial charge < -0.3 is 0 Å². The molecule has 27 heavy (non-hydrogen) atoms. The van der Waals surface area contributed by atoms with Crippen molar-refractivity contribution in [2.24, 2.45) is 0 Å². The first-order valence-electron chi connectivity index (χ1n) is 9.71. The minimum Gasteiger partial charge on any atom is -0.262 e. The lowest BCUT2D eigenvalue weighted by atomic mass is 10.2. The average Bonchev–Trinajstić information content (AvgIpc) is 3.48. The van der Waals surface area contributed by atoms with Gasteiger partial charge in [0, 0.05) is 41.6 Å². The van der Waals surface area contributed by atoms with Crippen molar-refractivity contribution in [2.45, 2.75) is 59.8 Å². The van der Waals surface area contributed by atoms with Crippen LogP contribution in [0, 0.1) is 27.7 Å². The molecule has 3 heteroatoms. The van der Waals surface area contributed by atoms with Crippen molar-refractivity contribution < 1.29 is 0 Å². The molecule has 0 amide bonds. The highest BCUT2D eigenvalue weighted by Crippen LogP contribution is 2.38. The molecule has 0 N–H and O–H groups in total. The molecule has 3 aromatic rings. The monoisotopic (exact) mass is 361 g/mol. The summed E-state index contributed by atoms with van der Waals surface area (Å²) in [5.74, 6) is 0.792. The van der Waals surface area contributed by atoms with Gasteiger partial charge in [0.2, 0.25) is 0 Å². The van der Waals surface area contributed by atoms with Crippen molar-refractivity contribution in [3.05, 3.63) is 88.8 Å². The fourth-order valence-corrected chi connectivity index (χ4v) is 2.64. The summed E-state index contributed by atoms with van der Waals surface area (Å²) in [6.45, 7) is 10.4. The van der Waals surface area contributed by atoms with Gasteiger partial charge in [0.15, 0.2) is 0 Å². The van der Waals surface area contributed by atoms with Crippen LogP contribution in [0.2, 0.25) is 0 Å². The van der Waals surface area contributed by atoms with E-state index >= 15 is 0 Å². The Morgan fingerprint density at radius 1 is 0.741 bits per heavy atom. The molecule has 4 rings (SSSR count). The zero-order valence-electron chi connectivity index (χ0n) is 17.2. The molecule has 1 aliphatic carbocycles. The van der Waals surface area contributed by atoms with Gasteiger partial charge in [-0.05, 0) is 100 Å². The highest BCUT2D eigenvalue weighted by atomic mass is 14.7. The summed E-state index contributed by atoms with van der Waals surface area (Å²) < 4.78 is 0. The highest BCUT2D eigenvalue weighted by Gasteiger charge is 2.24. The SMILES string of the molecule is CCc1cc(C)ccn1.Cc1ccnc(C)c1.Cc1ccnc(C2CC2)c1. The van der Waals surface area contributed by atoms with Gasteiger partial charge in [0.05, 0.1) is 0 Å². The van der Waals surface area contributed by atoms with Gasteiger partial charge in [-0.15, -0.1) is 0 Å². The fraction of sp³-hybridized carbons (Fsp3) is 0.375. The van der Waals surface area contributed by atoms with Crippen LogP contribution in [0.15, 0.2) is 55.0 Å². The molecule has 3 heterocycles. The lowest BCUT2D eigenvalue weighted by molar-refractivity contribution is 1.01. The third-order valence-electron chi connectivity index (χ3n) is 4.32. The molecule has 0 unspecified atom stereocenters. The lowest BCUT2D eigenvalue weighted by Gasteiger charge is -1.96. The second-order valence-electron chi connectivity index (χ2n) is 7.18. The van der Waals surface area contributed by atoms with E-state index < -0.39 is 0 Å². The molecule has 0 saturated heterocycles. The minimum absolute atomic E-state index is 0.792. The van der Waals surface area contributed by atoms with E-state index in [1.54, 1.807) is 0 Å². The maximum absolute atomic E-state index is 4.30. The average molecular weight is 362 g/mol. The summed E-state index contributed by atoms with van der Waals surface area (Å²) in [5.41, 5.74) is 7.45. The number of hydrogen-bond acceptors (Lipinski definition) is 3. The van der Waals surface area contributed by atoms with Gasteiger partial charge in [-0.2, -0.15) is 0 Å². The van der Waals surface area contributed by atoms with E-state index in [-0.39, 0.29) is 0 Å². The maximum atomic E-state index is 4.30. The lowest BCUT2D eigenvalue weighted by Crippen LogP contribution is -1.85. The summed E-state index contributed by atoms with van der Waals surface area (Å²) in [6, 6.07) is 12.4. The number of aromatic nitrogens is 3. The van der Waals surface area contributed by atoms with Crippen LogP contribution in [0.3, 0.4) is 0 Å². The quantitative estimate of drug-likeness (QED) is 0.569. The van der Waals surface area contributed by atoms with Crippen molar-refractivity contribution in [1.82, 2.24) is 15.0 Å². The van der Waals surface area contributed by atoms with Gasteiger partial charge >= 0.3 is 0 Å². The van der Waals surface area contributed by atoms with Crippen molar-refractivity contribution in [3.63, 3.8) is 0 Å². The van der Waals surface area contributed by atoms with Crippen LogP contribution in [0.5, 0.6) is 0 Å². The van der Waals surface area contributed by atoms with Crippen LogP contribution in [-0.2, 0) is 6.42 Å². The molecule has 0 radical (unpaired) electrons. The smallest absolute Gasteiger partial charge is 0.0437 e. The predicted octanol–water partition coefficient (Wildman–Crippen LogP) is 5.92. The molecule has 0 spiro atoms. The Balaban J connectivity index is 0.000000146. The first kappa shape index (κ1) is 20.8. The van der Waals surface area contributed by atoms with E-state index in [1.807, 2.05) is 43.7 Å². The Morgan fingerprint density at radius 2 is 1.30 bits per heavy atom. The first-order chi connectivity index (χ1) is 13.0. The standard InChI is InChI=1S/C9H11N.C8H11N.C7H9N/c1-7-4-5-10-9(6-7)8-2-3-8;1-3-8-6-7(2)4-5-9-8;1-6-3-4-8-7(2)5-6/h4-6,8H,2-3H2,1H3;4-6H,3H2,1-2H3;3-5H,1-2H3. The van der Waals surface area contributed by atoms with Crippen molar-refractivity contribution in [3.8, 4) is 0 Å². The van der Waals surface area contributed by atoms with Gasteiger partial charge in [-0.3, -0.25) is 15.0 Å². The van der Waals surface area contributed by atoms with Crippen LogP contribution in [0.4, 0.5) is 0 Å². The summed E-state index contributed by atoms with van der Waals surface area (Å²) in [4.78, 5) is 12.5. The highest BCUT2D eigenvalue weighted by molar-refractivity contribution is 5.20. The zero-order valence-corrected chi connectivity index (χ0v) is 17.2. The number of aryl methyl sites for hydroxylation is 5. The molecular formula is C24H31N3. The molecule has 0 aromatic carbocycles. The molecule has 3 aromatic heterocycles. The molecule has 0 atom stereocenters. The Bertz CT molecular complexity index is 821. The van der Waals surface area contributed by atoms with Crippen molar-refractivity contribution in [2.75, 3.05) is 0 Å². The van der Waals surface area contributed by atoms with Gasteiger partial charge in [0.25, 0.3) is 0 Å². The van der Waals surface area contributed by atoms with E-state index in [4.69, 9.17) is 0 Å². The third-order valence-corrected chi connectivity index (χ3v) is 4.32. The van der Waals surface area contributed by atoms with E-state index in [0.29, 0.717) is 0 Å². The fourth-order valence-electron chi connectivity index (χ4n) is 2.64. The molecule has 1 saturated carbocycles. The Labute approximate surface area is 163 Å². The summed E-state index contributed by atoms with van der Waals surface area (Å²) in [7, 11) is 0. The van der Waals surface area contributed by atoms with Gasteiger partial charge in [-0.1, -0.05) is 6.92 Å². The molecule has 1 fully saturated rings. The second-order valence-corrected chi connectivity index (χ2v) is 7.18. The predicted molar refractivity (Wildman–Crippen MR) is 113 cm³/mol. The van der Waals surface area contributed by atoms with Crippen molar-refractivity contribution in [1.29, 1.82) is 0 Å². The molecule has 0 aliphatic heterocycles. The van der Waals surface area contributed by atoms with E-state index in [9.17, 15) is 0 Å². The van der Waals surface area contributed by atoms with Crippen LogP contribution in [0.25, 0.3) is 0 Å². The molecule has 142 valence electrons. The third kappa shape index (κ3) is 8.12. The summed E-state index contributed by atoms with van der Waals surface area (Å²) in [6.07, 6.45) is 9.30. The first-order valence-corrected chi connectivity index (χ1v) is 9.71. The Morgan fingerprint density at radius 3 is 1.70 bits per heavy atom. The van der Waals surface area contributed by atoms with Gasteiger partial charge in [0.1, 0.15) is 0 Å². The van der Waals surface area contributed by atoms with Crippen LogP contribution in [-0.4, -0.2) is 15.0 Å². The molecule has 3 nitrogen and oxygen atoms in total. The minimum atomic E-state index is 0.792. The Hall–Kier alpha value is -2.55. The van der Waals surface area contributed by atoms with Crippen LogP contribution >= 0.6 is 0 Å². The largest absolute Gasteiger partial charge is 0.262 e. The number of nitrogens with zero attached hydrogens (tertiary/aromatic N) is 3. The number of pyridine rings is 3.